The molecule has 3 nitrogen and oxygen atoms in total. The van der Waals surface area contributed by atoms with Crippen LogP contribution in [0.2, 0.25) is 0 Å². The molecule has 1 amide bonds. The molecule has 1 aliphatic heterocycles. The normalized spacial score (nSPS) is 32.0. The lowest BCUT2D eigenvalue weighted by atomic mass is 9.93. The fraction of sp³-hybridized carbons (Fsp3) is 0.889. The standard InChI is InChI=1S/C7H14N2O.C2H6/c1-6(2)4-7(3,8)5(10)9-6;1-2/h4,8H2,1-3H3,(H,9,10);1-2H3. The van der Waals surface area contributed by atoms with E-state index in [0.29, 0.717) is 6.42 Å². The summed E-state index contributed by atoms with van der Waals surface area (Å²) in [5, 5.41) is 2.82. The monoisotopic (exact) mass is 172 g/mol. The fourth-order valence-corrected chi connectivity index (χ4v) is 1.49. The van der Waals surface area contributed by atoms with E-state index in [1.807, 2.05) is 27.7 Å². The number of nitrogens with one attached hydrogen (secondary N) is 1. The van der Waals surface area contributed by atoms with Crippen LogP contribution >= 0.6 is 0 Å². The van der Waals surface area contributed by atoms with Crippen LogP contribution in [-0.2, 0) is 4.79 Å². The van der Waals surface area contributed by atoms with Gasteiger partial charge in [-0.2, -0.15) is 0 Å². The molecule has 1 unspecified atom stereocenters. The summed E-state index contributed by atoms with van der Waals surface area (Å²) in [6, 6.07) is 0. The zero-order valence-electron chi connectivity index (χ0n) is 8.69. The number of nitrogens with two attached hydrogens (primary N) is 1. The molecule has 1 aliphatic rings. The third-order valence-electron chi connectivity index (χ3n) is 1.78. The van der Waals surface area contributed by atoms with Crippen molar-refractivity contribution in [3.8, 4) is 0 Å². The van der Waals surface area contributed by atoms with E-state index >= 15 is 0 Å². The van der Waals surface area contributed by atoms with Gasteiger partial charge in [-0.3, -0.25) is 4.79 Å². The van der Waals surface area contributed by atoms with Gasteiger partial charge < -0.3 is 11.1 Å². The highest BCUT2D eigenvalue weighted by Crippen LogP contribution is 2.25. The van der Waals surface area contributed by atoms with Crippen LogP contribution in [0.15, 0.2) is 0 Å². The van der Waals surface area contributed by atoms with Gasteiger partial charge in [0.1, 0.15) is 0 Å². The van der Waals surface area contributed by atoms with Gasteiger partial charge in [-0.15, -0.1) is 0 Å². The average Bonchev–Trinajstić information content (AvgIpc) is 2.05. The maximum Gasteiger partial charge on any atom is 0.240 e. The van der Waals surface area contributed by atoms with Crippen molar-refractivity contribution in [3.05, 3.63) is 0 Å². The van der Waals surface area contributed by atoms with E-state index in [2.05, 4.69) is 5.32 Å². The van der Waals surface area contributed by atoms with Crippen LogP contribution in [0, 0.1) is 0 Å². The molecular weight excluding hydrogens is 152 g/mol. The summed E-state index contributed by atoms with van der Waals surface area (Å²) in [5.41, 5.74) is 4.90. The first-order chi connectivity index (χ1) is 5.33. The van der Waals surface area contributed by atoms with Gasteiger partial charge in [-0.25, -0.2) is 0 Å². The van der Waals surface area contributed by atoms with Crippen LogP contribution in [0.3, 0.4) is 0 Å². The Balaban J connectivity index is 0.000000561. The van der Waals surface area contributed by atoms with Gasteiger partial charge in [0.25, 0.3) is 0 Å². The second-order valence-electron chi connectivity index (χ2n) is 3.93. The predicted octanol–water partition coefficient (Wildman–Crippen LogP) is 1.03. The fourth-order valence-electron chi connectivity index (χ4n) is 1.49. The molecule has 1 fully saturated rings. The zero-order chi connectivity index (χ0) is 9.99. The van der Waals surface area contributed by atoms with Crippen LogP contribution in [0.1, 0.15) is 41.0 Å². The molecule has 0 aromatic rings. The Bertz CT molecular complexity index is 173. The molecule has 0 bridgehead atoms. The highest BCUT2D eigenvalue weighted by Gasteiger charge is 2.43. The SMILES string of the molecule is CC.CC1(C)CC(C)(N)C(=O)N1. The van der Waals surface area contributed by atoms with Gasteiger partial charge in [-0.05, 0) is 27.2 Å². The molecule has 0 saturated carbocycles. The summed E-state index contributed by atoms with van der Waals surface area (Å²) < 4.78 is 0. The molecule has 72 valence electrons. The lowest BCUT2D eigenvalue weighted by Gasteiger charge is -2.17. The second kappa shape index (κ2) is 3.44. The number of hydrogen-bond donors (Lipinski definition) is 2. The van der Waals surface area contributed by atoms with Crippen molar-refractivity contribution in [1.82, 2.24) is 5.32 Å². The van der Waals surface area contributed by atoms with Crippen molar-refractivity contribution in [2.24, 2.45) is 5.73 Å². The molecule has 3 heteroatoms. The Morgan fingerprint density at radius 2 is 1.75 bits per heavy atom. The molecule has 1 atom stereocenters. The van der Waals surface area contributed by atoms with Crippen LogP contribution < -0.4 is 11.1 Å². The summed E-state index contributed by atoms with van der Waals surface area (Å²) in [5.74, 6) is -0.0440. The van der Waals surface area contributed by atoms with E-state index in [1.165, 1.54) is 0 Å². The number of rotatable bonds is 0. The minimum atomic E-state index is -0.663. The van der Waals surface area contributed by atoms with Gasteiger partial charge in [-0.1, -0.05) is 13.8 Å². The quantitative estimate of drug-likeness (QED) is 0.573. The van der Waals surface area contributed by atoms with Crippen molar-refractivity contribution >= 4 is 5.91 Å². The minimum absolute atomic E-state index is 0.0440. The molecule has 0 aromatic carbocycles. The Kier molecular flexibility index (Phi) is 3.27. The zero-order valence-corrected chi connectivity index (χ0v) is 8.69. The first kappa shape index (κ1) is 11.4. The van der Waals surface area contributed by atoms with Crippen LogP contribution in [-0.4, -0.2) is 17.0 Å². The Morgan fingerprint density at radius 3 is 1.83 bits per heavy atom. The largest absolute Gasteiger partial charge is 0.350 e. The van der Waals surface area contributed by atoms with Crippen molar-refractivity contribution in [3.63, 3.8) is 0 Å². The van der Waals surface area contributed by atoms with E-state index in [4.69, 9.17) is 5.73 Å². The minimum Gasteiger partial charge on any atom is -0.350 e. The Hall–Kier alpha value is -0.570. The highest BCUT2D eigenvalue weighted by atomic mass is 16.2. The summed E-state index contributed by atoms with van der Waals surface area (Å²) in [4.78, 5) is 11.1. The Labute approximate surface area is 74.7 Å². The van der Waals surface area contributed by atoms with Gasteiger partial charge in [0.2, 0.25) is 5.91 Å². The van der Waals surface area contributed by atoms with Crippen molar-refractivity contribution in [2.75, 3.05) is 0 Å². The molecule has 3 N–H and O–H groups in total. The average molecular weight is 172 g/mol. The summed E-state index contributed by atoms with van der Waals surface area (Å²) in [7, 11) is 0. The molecule has 12 heavy (non-hydrogen) atoms. The number of carbonyl (C=O) groups excluding carboxylic acids is 1. The topological polar surface area (TPSA) is 55.1 Å². The molecule has 1 saturated heterocycles. The maximum absolute atomic E-state index is 11.1. The first-order valence-electron chi connectivity index (χ1n) is 4.45. The van der Waals surface area contributed by atoms with Crippen LogP contribution in [0.5, 0.6) is 0 Å². The van der Waals surface area contributed by atoms with E-state index in [0.717, 1.165) is 0 Å². The van der Waals surface area contributed by atoms with Gasteiger partial charge >= 0.3 is 0 Å². The van der Waals surface area contributed by atoms with E-state index in [9.17, 15) is 4.79 Å². The molecule has 1 rings (SSSR count). The third kappa shape index (κ3) is 2.48. The van der Waals surface area contributed by atoms with Crippen LogP contribution in [0.25, 0.3) is 0 Å². The lowest BCUT2D eigenvalue weighted by Crippen LogP contribution is -2.43. The van der Waals surface area contributed by atoms with Crippen molar-refractivity contribution in [2.45, 2.75) is 52.1 Å². The van der Waals surface area contributed by atoms with Gasteiger partial charge in [0.05, 0.1) is 5.54 Å². The maximum atomic E-state index is 11.1. The molecule has 0 aliphatic carbocycles. The second-order valence-corrected chi connectivity index (χ2v) is 3.93. The molecule has 0 aromatic heterocycles. The predicted molar refractivity (Wildman–Crippen MR) is 50.8 cm³/mol. The van der Waals surface area contributed by atoms with Crippen molar-refractivity contribution in [1.29, 1.82) is 0 Å². The van der Waals surface area contributed by atoms with E-state index in [1.54, 1.807) is 6.92 Å². The molecule has 0 spiro atoms. The third-order valence-corrected chi connectivity index (χ3v) is 1.78. The number of carbonyl (C=O) groups is 1. The van der Waals surface area contributed by atoms with Crippen molar-refractivity contribution < 1.29 is 4.79 Å². The number of hydrogen-bond acceptors (Lipinski definition) is 2. The first-order valence-corrected chi connectivity index (χ1v) is 4.45. The summed E-state index contributed by atoms with van der Waals surface area (Å²) >= 11 is 0. The van der Waals surface area contributed by atoms with Gasteiger partial charge in [0.15, 0.2) is 0 Å². The van der Waals surface area contributed by atoms with Crippen LogP contribution in [0.4, 0.5) is 0 Å². The highest BCUT2D eigenvalue weighted by molar-refractivity contribution is 5.88. The molecule has 1 heterocycles. The molecule has 0 radical (unpaired) electrons. The lowest BCUT2D eigenvalue weighted by molar-refractivity contribution is -0.123. The smallest absolute Gasteiger partial charge is 0.240 e. The number of amides is 1. The Morgan fingerprint density at radius 1 is 1.33 bits per heavy atom. The van der Waals surface area contributed by atoms with E-state index in [-0.39, 0.29) is 11.4 Å². The summed E-state index contributed by atoms with van der Waals surface area (Å²) in [6.07, 6.45) is 0.707. The summed E-state index contributed by atoms with van der Waals surface area (Å²) in [6.45, 7) is 9.71. The van der Waals surface area contributed by atoms with Gasteiger partial charge in [0, 0.05) is 5.54 Å². The van der Waals surface area contributed by atoms with E-state index < -0.39 is 5.54 Å². The molecular formula is C9H20N2O.